The molecular weight excluding hydrogens is 457 g/mol. The van der Waals surface area contributed by atoms with Gasteiger partial charge in [0.2, 0.25) is 5.34 Å². The maximum atomic E-state index is 11.8. The second-order valence-electron chi connectivity index (χ2n) is 11.4. The molecule has 0 spiro atoms. The van der Waals surface area contributed by atoms with E-state index in [9.17, 15) is 19.5 Å². The van der Waals surface area contributed by atoms with Gasteiger partial charge in [-0.25, -0.2) is 0 Å². The molecule has 208 valence electrons. The van der Waals surface area contributed by atoms with Crippen LogP contribution in [0.3, 0.4) is 0 Å². The number of allylic oxidation sites excluding steroid dienone is 4. The molecule has 0 amide bonds. The summed E-state index contributed by atoms with van der Waals surface area (Å²) in [6.45, 7) is 2.28. The zero-order valence-corrected chi connectivity index (χ0v) is 24.5. The lowest BCUT2D eigenvalue weighted by molar-refractivity contribution is -0.875. The van der Waals surface area contributed by atoms with Gasteiger partial charge in [0.05, 0.1) is 21.1 Å². The summed E-state index contributed by atoms with van der Waals surface area (Å²) in [6.07, 6.45) is 31.3. The Hall–Kier alpha value is -0.450. The fourth-order valence-electron chi connectivity index (χ4n) is 4.50. The van der Waals surface area contributed by atoms with Gasteiger partial charge in [-0.1, -0.05) is 95.4 Å². The third-order valence-corrected chi connectivity index (χ3v) is 7.95. The quantitative estimate of drug-likeness (QED) is 0.0524. The van der Waals surface area contributed by atoms with E-state index >= 15 is 0 Å². The summed E-state index contributed by atoms with van der Waals surface area (Å²) in [4.78, 5) is 19.2. The number of rotatable bonds is 24. The summed E-state index contributed by atoms with van der Waals surface area (Å²) < 4.78 is 12.1. The lowest BCUT2D eigenvalue weighted by Gasteiger charge is -2.35. The number of hydrogen-bond acceptors (Lipinski definition) is 2. The average molecular weight is 517 g/mol. The lowest BCUT2D eigenvalue weighted by atomic mass is 10.0. The van der Waals surface area contributed by atoms with E-state index in [0.29, 0.717) is 10.9 Å². The lowest BCUT2D eigenvalue weighted by Crippen LogP contribution is -2.49. The molecule has 0 aromatic carbocycles. The van der Waals surface area contributed by atoms with Crippen LogP contribution in [-0.4, -0.2) is 52.4 Å². The minimum atomic E-state index is -4.55. The van der Waals surface area contributed by atoms with Gasteiger partial charge in [-0.3, -0.25) is 4.57 Å². The Labute approximate surface area is 217 Å². The smallest absolute Gasteiger partial charge is 0.362 e. The standard InChI is InChI=1S/C29H58NO4P/c1-5-6-7-8-9-10-11-12-13-14-15-16-17-18-19-20-21-22-23-24-25-26-27-29(31,35(32,33)34)28-30(2,3)4/h7-8,16-17,31H,5-6,9-15,18-28H2,1-4H3,(H-,32,33,34)/p+1/b8-7-,17-16-. The van der Waals surface area contributed by atoms with Crippen LogP contribution in [0.1, 0.15) is 129 Å². The maximum Gasteiger partial charge on any atom is 0.362 e. The fraction of sp³-hybridized carbons (Fsp3) is 0.862. The van der Waals surface area contributed by atoms with Crippen LogP contribution >= 0.6 is 7.60 Å². The van der Waals surface area contributed by atoms with E-state index in [1.807, 2.05) is 21.1 Å². The second-order valence-corrected chi connectivity index (χ2v) is 13.3. The van der Waals surface area contributed by atoms with Gasteiger partial charge in [-0.05, 0) is 57.8 Å². The molecule has 5 nitrogen and oxygen atoms in total. The van der Waals surface area contributed by atoms with Crippen molar-refractivity contribution >= 4 is 7.60 Å². The van der Waals surface area contributed by atoms with E-state index in [0.717, 1.165) is 19.3 Å². The molecule has 0 aliphatic rings. The van der Waals surface area contributed by atoms with Gasteiger partial charge >= 0.3 is 7.60 Å². The Bertz CT molecular complexity index is 594. The van der Waals surface area contributed by atoms with Crippen molar-refractivity contribution in [2.75, 3.05) is 27.7 Å². The molecule has 35 heavy (non-hydrogen) atoms. The van der Waals surface area contributed by atoms with Crippen molar-refractivity contribution < 1.29 is 23.9 Å². The number of nitrogens with zero attached hydrogens (tertiary/aromatic N) is 1. The number of aliphatic hydroxyl groups is 1. The van der Waals surface area contributed by atoms with E-state index in [-0.39, 0.29) is 13.0 Å². The van der Waals surface area contributed by atoms with E-state index in [4.69, 9.17) is 0 Å². The number of quaternary nitrogens is 1. The van der Waals surface area contributed by atoms with Gasteiger partial charge in [-0.2, -0.15) is 0 Å². The molecule has 6 heteroatoms. The number of hydrogen-bond donors (Lipinski definition) is 3. The van der Waals surface area contributed by atoms with Crippen LogP contribution in [0.25, 0.3) is 0 Å². The molecule has 0 rings (SSSR count). The first-order chi connectivity index (χ1) is 16.5. The minimum Gasteiger partial charge on any atom is -0.373 e. The normalized spacial score (nSPS) is 14.8. The van der Waals surface area contributed by atoms with Crippen molar-refractivity contribution in [3.05, 3.63) is 24.3 Å². The molecule has 0 radical (unpaired) electrons. The van der Waals surface area contributed by atoms with Gasteiger partial charge in [0, 0.05) is 0 Å². The molecule has 1 atom stereocenters. The van der Waals surface area contributed by atoms with Crippen LogP contribution in [0.5, 0.6) is 0 Å². The predicted molar refractivity (Wildman–Crippen MR) is 152 cm³/mol. The molecule has 0 saturated heterocycles. The van der Waals surface area contributed by atoms with E-state index in [1.165, 1.54) is 89.9 Å². The van der Waals surface area contributed by atoms with Gasteiger partial charge < -0.3 is 19.4 Å². The zero-order valence-electron chi connectivity index (χ0n) is 23.6. The largest absolute Gasteiger partial charge is 0.373 e. The summed E-state index contributed by atoms with van der Waals surface area (Å²) >= 11 is 0. The van der Waals surface area contributed by atoms with Gasteiger partial charge in [0.25, 0.3) is 0 Å². The minimum absolute atomic E-state index is 0.0585. The molecule has 0 fully saturated rings. The summed E-state index contributed by atoms with van der Waals surface area (Å²) in [5.41, 5.74) is 0. The predicted octanol–water partition coefficient (Wildman–Crippen LogP) is 8.10. The van der Waals surface area contributed by atoms with Gasteiger partial charge in [0.15, 0.2) is 0 Å². The third kappa shape index (κ3) is 21.4. The van der Waals surface area contributed by atoms with Crippen molar-refractivity contribution in [1.82, 2.24) is 0 Å². The Balaban J connectivity index is 3.55. The maximum absolute atomic E-state index is 11.8. The fourth-order valence-corrected chi connectivity index (χ4v) is 5.56. The molecule has 3 N–H and O–H groups in total. The molecule has 0 heterocycles. The van der Waals surface area contributed by atoms with Crippen LogP contribution < -0.4 is 0 Å². The van der Waals surface area contributed by atoms with Crippen molar-refractivity contribution in [2.45, 2.75) is 134 Å². The van der Waals surface area contributed by atoms with Crippen LogP contribution in [-0.2, 0) is 4.57 Å². The Kier molecular flexibility index (Phi) is 20.3. The summed E-state index contributed by atoms with van der Waals surface area (Å²) in [5.74, 6) is 0. The topological polar surface area (TPSA) is 77.8 Å². The first-order valence-corrected chi connectivity index (χ1v) is 16.0. The SMILES string of the molecule is CCC/C=C\CCCCCCC/C=C\CCCCCCCCCCC(O)(C[N+](C)(C)C)P(=O)(O)O. The molecule has 1 unspecified atom stereocenters. The molecule has 0 saturated carbocycles. The van der Waals surface area contributed by atoms with Crippen molar-refractivity contribution in [3.63, 3.8) is 0 Å². The van der Waals surface area contributed by atoms with Crippen molar-refractivity contribution in [2.24, 2.45) is 0 Å². The first kappa shape index (κ1) is 34.6. The number of unbranched alkanes of at least 4 members (excludes halogenated alkanes) is 15. The average Bonchev–Trinajstić information content (AvgIpc) is 2.75. The van der Waals surface area contributed by atoms with Crippen LogP contribution in [0.2, 0.25) is 0 Å². The highest BCUT2D eigenvalue weighted by Gasteiger charge is 2.48. The molecule has 0 aliphatic carbocycles. The molecule has 0 aliphatic heterocycles. The van der Waals surface area contributed by atoms with Crippen molar-refractivity contribution in [3.8, 4) is 0 Å². The Morgan fingerprint density at radius 3 is 1.31 bits per heavy atom. The van der Waals surface area contributed by atoms with Crippen LogP contribution in [0.15, 0.2) is 24.3 Å². The molecule has 0 aromatic rings. The summed E-state index contributed by atoms with van der Waals surface area (Å²) in [7, 11) is 0.973. The van der Waals surface area contributed by atoms with Crippen LogP contribution in [0, 0.1) is 0 Å². The van der Waals surface area contributed by atoms with Crippen molar-refractivity contribution in [1.29, 1.82) is 0 Å². The third-order valence-electron chi connectivity index (χ3n) is 6.50. The van der Waals surface area contributed by atoms with Gasteiger partial charge in [0.1, 0.15) is 6.54 Å². The van der Waals surface area contributed by atoms with E-state index in [2.05, 4.69) is 31.2 Å². The second kappa shape index (κ2) is 20.6. The van der Waals surface area contributed by atoms with E-state index < -0.39 is 12.9 Å². The first-order valence-electron chi connectivity index (χ1n) is 14.4. The highest BCUT2D eigenvalue weighted by Crippen LogP contribution is 2.52. The Morgan fingerprint density at radius 1 is 0.629 bits per heavy atom. The van der Waals surface area contributed by atoms with Crippen LogP contribution in [0.4, 0.5) is 0 Å². The van der Waals surface area contributed by atoms with Gasteiger partial charge in [-0.15, -0.1) is 0 Å². The highest BCUT2D eigenvalue weighted by molar-refractivity contribution is 7.53. The number of likely N-dealkylation sites (N-methyl/N-ethyl adjacent to an activating group) is 1. The van der Waals surface area contributed by atoms with E-state index in [1.54, 1.807) is 0 Å². The summed E-state index contributed by atoms with van der Waals surface area (Å²) in [5, 5.41) is 8.65. The molecule has 0 bridgehead atoms. The molecular formula is C29H59NO4P+. The monoisotopic (exact) mass is 516 g/mol. The Morgan fingerprint density at radius 2 is 0.971 bits per heavy atom. The zero-order chi connectivity index (χ0) is 26.5. The molecule has 0 aromatic heterocycles. The summed E-state index contributed by atoms with van der Waals surface area (Å²) in [6, 6.07) is 0. The highest BCUT2D eigenvalue weighted by atomic mass is 31.2.